The van der Waals surface area contributed by atoms with Crippen LogP contribution in [-0.2, 0) is 14.8 Å². The van der Waals surface area contributed by atoms with Gasteiger partial charge in [0.25, 0.3) is 10.0 Å². The molecule has 0 spiro atoms. The van der Waals surface area contributed by atoms with E-state index in [0.717, 1.165) is 38.0 Å². The van der Waals surface area contributed by atoms with Gasteiger partial charge in [0.2, 0.25) is 5.91 Å². The highest BCUT2D eigenvalue weighted by atomic mass is 35.5. The van der Waals surface area contributed by atoms with Gasteiger partial charge in [0.05, 0.1) is 22.3 Å². The number of rotatable bonds is 7. The molecule has 2 heterocycles. The van der Waals surface area contributed by atoms with Gasteiger partial charge in [-0.05, 0) is 87.5 Å². The van der Waals surface area contributed by atoms with Gasteiger partial charge in [0.1, 0.15) is 0 Å². The lowest BCUT2D eigenvalue weighted by molar-refractivity contribution is -0.121. The molecule has 0 saturated carbocycles. The Hall–Kier alpha value is -2.29. The molecule has 2 aromatic rings. The standard InChI is InChI=1S/C25H33ClN4O3S/c1-17-14-24(18(2)13-21(17)26)34(32,33)30-20(16-29-22-5-3-4-6-23(22)30)15-25(31)28-12-9-19-7-10-27-11-8-19/h3-6,13-14,19-20,27,29H,7-12,15-16H2,1-2H3,(H,28,31). The van der Waals surface area contributed by atoms with Crippen LogP contribution in [0.25, 0.3) is 0 Å². The monoisotopic (exact) mass is 504 g/mol. The summed E-state index contributed by atoms with van der Waals surface area (Å²) in [6.45, 7) is 6.56. The van der Waals surface area contributed by atoms with Crippen LogP contribution < -0.4 is 20.3 Å². The fraction of sp³-hybridized carbons (Fsp3) is 0.480. The van der Waals surface area contributed by atoms with Crippen molar-refractivity contribution >= 4 is 38.9 Å². The first kappa shape index (κ1) is 24.8. The average molecular weight is 505 g/mol. The second-order valence-corrected chi connectivity index (χ2v) is 11.4. The molecule has 2 aliphatic heterocycles. The number of nitrogens with one attached hydrogen (secondary N) is 3. The van der Waals surface area contributed by atoms with Crippen LogP contribution in [-0.4, -0.2) is 46.5 Å². The minimum atomic E-state index is -3.93. The Bertz CT molecular complexity index is 1150. The molecule has 4 rings (SSSR count). The van der Waals surface area contributed by atoms with Crippen molar-refractivity contribution in [2.24, 2.45) is 5.92 Å². The highest BCUT2D eigenvalue weighted by Gasteiger charge is 2.38. The van der Waals surface area contributed by atoms with Crippen LogP contribution in [0.2, 0.25) is 5.02 Å². The number of nitrogens with zero attached hydrogens (tertiary/aromatic N) is 1. The van der Waals surface area contributed by atoms with Crippen molar-refractivity contribution in [3.8, 4) is 0 Å². The fourth-order valence-corrected chi connectivity index (χ4v) is 7.00. The molecule has 1 fully saturated rings. The Morgan fingerprint density at radius 2 is 1.88 bits per heavy atom. The van der Waals surface area contributed by atoms with E-state index in [1.807, 2.05) is 18.2 Å². The summed E-state index contributed by atoms with van der Waals surface area (Å²) >= 11 is 6.23. The smallest absolute Gasteiger partial charge is 0.264 e. The lowest BCUT2D eigenvalue weighted by Crippen LogP contribution is -2.49. The molecular formula is C25H33ClN4O3S. The zero-order valence-corrected chi connectivity index (χ0v) is 21.3. The molecule has 184 valence electrons. The van der Waals surface area contributed by atoms with Gasteiger partial charge in [-0.2, -0.15) is 0 Å². The molecule has 1 amide bonds. The van der Waals surface area contributed by atoms with Crippen LogP contribution in [0.15, 0.2) is 41.3 Å². The highest BCUT2D eigenvalue weighted by molar-refractivity contribution is 7.93. The van der Waals surface area contributed by atoms with Crippen LogP contribution >= 0.6 is 11.6 Å². The third kappa shape index (κ3) is 5.34. The largest absolute Gasteiger partial charge is 0.381 e. The summed E-state index contributed by atoms with van der Waals surface area (Å²) in [5.74, 6) is 0.488. The van der Waals surface area contributed by atoms with E-state index in [1.54, 1.807) is 32.0 Å². The Labute approximate surface area is 207 Å². The molecule has 1 unspecified atom stereocenters. The van der Waals surface area contributed by atoms with Gasteiger partial charge in [0, 0.05) is 24.5 Å². The number of hydrogen-bond donors (Lipinski definition) is 3. The number of para-hydroxylation sites is 2. The van der Waals surface area contributed by atoms with E-state index in [-0.39, 0.29) is 17.2 Å². The number of piperidine rings is 1. The Morgan fingerprint density at radius 1 is 1.15 bits per heavy atom. The van der Waals surface area contributed by atoms with Crippen molar-refractivity contribution < 1.29 is 13.2 Å². The molecule has 0 aliphatic carbocycles. The lowest BCUT2D eigenvalue weighted by Gasteiger charge is -2.38. The van der Waals surface area contributed by atoms with Gasteiger partial charge in [-0.1, -0.05) is 23.7 Å². The second-order valence-electron chi connectivity index (χ2n) is 9.26. The van der Waals surface area contributed by atoms with Crippen molar-refractivity contribution in [1.29, 1.82) is 0 Å². The summed E-state index contributed by atoms with van der Waals surface area (Å²) in [6.07, 6.45) is 3.29. The van der Waals surface area contributed by atoms with Gasteiger partial charge in [0.15, 0.2) is 0 Å². The van der Waals surface area contributed by atoms with E-state index >= 15 is 0 Å². The maximum atomic E-state index is 14.0. The number of amides is 1. The average Bonchev–Trinajstić information content (AvgIpc) is 2.81. The third-order valence-corrected chi connectivity index (χ3v) is 9.16. The summed E-state index contributed by atoms with van der Waals surface area (Å²) in [6, 6.07) is 10.1. The summed E-state index contributed by atoms with van der Waals surface area (Å²) in [5, 5.41) is 10.2. The fourth-order valence-electron chi connectivity index (χ4n) is 4.81. The number of benzene rings is 2. The van der Waals surface area contributed by atoms with Gasteiger partial charge in [-0.25, -0.2) is 8.42 Å². The predicted octanol–water partition coefficient (Wildman–Crippen LogP) is 3.84. The van der Waals surface area contributed by atoms with E-state index in [9.17, 15) is 13.2 Å². The van der Waals surface area contributed by atoms with Crippen LogP contribution in [0.4, 0.5) is 11.4 Å². The maximum absolute atomic E-state index is 14.0. The molecule has 2 aromatic carbocycles. The minimum Gasteiger partial charge on any atom is -0.381 e. The quantitative estimate of drug-likeness (QED) is 0.533. The van der Waals surface area contributed by atoms with Gasteiger partial charge in [-0.15, -0.1) is 0 Å². The van der Waals surface area contributed by atoms with Crippen LogP contribution in [0.5, 0.6) is 0 Å². The molecular weight excluding hydrogens is 472 g/mol. The first-order valence-corrected chi connectivity index (χ1v) is 13.7. The molecule has 1 atom stereocenters. The molecule has 3 N–H and O–H groups in total. The molecule has 0 radical (unpaired) electrons. The first-order valence-electron chi connectivity index (χ1n) is 11.9. The number of fused-ring (bicyclic) bond motifs is 1. The number of hydrogen-bond acceptors (Lipinski definition) is 5. The zero-order valence-electron chi connectivity index (χ0n) is 19.7. The van der Waals surface area contributed by atoms with Gasteiger partial charge >= 0.3 is 0 Å². The molecule has 9 heteroatoms. The van der Waals surface area contributed by atoms with E-state index in [1.165, 1.54) is 4.31 Å². The topological polar surface area (TPSA) is 90.5 Å². The molecule has 2 aliphatic rings. The number of sulfonamides is 1. The number of aryl methyl sites for hydroxylation is 2. The number of carbonyl (C=O) groups is 1. The van der Waals surface area contributed by atoms with Crippen LogP contribution in [0.3, 0.4) is 0 Å². The number of anilines is 2. The van der Waals surface area contributed by atoms with Crippen molar-refractivity contribution in [1.82, 2.24) is 10.6 Å². The second kappa shape index (κ2) is 10.5. The number of carbonyl (C=O) groups excluding carboxylic acids is 1. The summed E-state index contributed by atoms with van der Waals surface area (Å²) < 4.78 is 29.3. The lowest BCUT2D eigenvalue weighted by atomic mass is 9.95. The third-order valence-electron chi connectivity index (χ3n) is 6.75. The van der Waals surface area contributed by atoms with E-state index in [0.29, 0.717) is 40.8 Å². The number of halogens is 1. The Balaban J connectivity index is 1.56. The zero-order chi connectivity index (χ0) is 24.3. The highest BCUT2D eigenvalue weighted by Crippen LogP contribution is 2.38. The molecule has 7 nitrogen and oxygen atoms in total. The van der Waals surface area contributed by atoms with E-state index < -0.39 is 16.1 Å². The Kier molecular flexibility index (Phi) is 7.70. The SMILES string of the molecule is Cc1cc(S(=O)(=O)N2c3ccccc3NCC2CC(=O)NCCC2CCNCC2)c(C)cc1Cl. The first-order chi connectivity index (χ1) is 16.3. The van der Waals surface area contributed by atoms with Crippen LogP contribution in [0.1, 0.15) is 36.8 Å². The minimum absolute atomic E-state index is 0.0818. The van der Waals surface area contributed by atoms with E-state index in [2.05, 4.69) is 16.0 Å². The van der Waals surface area contributed by atoms with Crippen LogP contribution in [0, 0.1) is 19.8 Å². The maximum Gasteiger partial charge on any atom is 0.264 e. The van der Waals surface area contributed by atoms with Crippen molar-refractivity contribution in [2.45, 2.75) is 50.5 Å². The summed E-state index contributed by atoms with van der Waals surface area (Å²) in [7, 11) is -3.93. The van der Waals surface area contributed by atoms with Crippen molar-refractivity contribution in [3.05, 3.63) is 52.5 Å². The molecule has 1 saturated heterocycles. The van der Waals surface area contributed by atoms with Crippen molar-refractivity contribution in [2.75, 3.05) is 35.8 Å². The van der Waals surface area contributed by atoms with Gasteiger partial charge < -0.3 is 16.0 Å². The summed E-state index contributed by atoms with van der Waals surface area (Å²) in [5.41, 5.74) is 2.56. The Morgan fingerprint density at radius 3 is 2.65 bits per heavy atom. The van der Waals surface area contributed by atoms with E-state index in [4.69, 9.17) is 11.6 Å². The molecule has 0 bridgehead atoms. The summed E-state index contributed by atoms with van der Waals surface area (Å²) in [4.78, 5) is 13.1. The van der Waals surface area contributed by atoms with Gasteiger partial charge in [-0.3, -0.25) is 9.10 Å². The van der Waals surface area contributed by atoms with Crippen molar-refractivity contribution in [3.63, 3.8) is 0 Å². The molecule has 0 aromatic heterocycles. The predicted molar refractivity (Wildman–Crippen MR) is 137 cm³/mol. The normalized spacial score (nSPS) is 18.8. The molecule has 34 heavy (non-hydrogen) atoms.